The second-order valence-electron chi connectivity index (χ2n) is 4.23. The molecule has 1 aromatic rings. The molecule has 0 heterocycles. The van der Waals surface area contributed by atoms with Crippen molar-refractivity contribution in [3.63, 3.8) is 0 Å². The summed E-state index contributed by atoms with van der Waals surface area (Å²) in [6, 6.07) is 6.27. The van der Waals surface area contributed by atoms with E-state index < -0.39 is 9.84 Å². The first-order valence-electron chi connectivity index (χ1n) is 6.04. The number of nitrogens with one attached hydrogen (secondary N) is 1. The summed E-state index contributed by atoms with van der Waals surface area (Å²) in [6.45, 7) is 5.40. The van der Waals surface area contributed by atoms with Crippen LogP contribution in [0.25, 0.3) is 0 Å². The molecular weight excluding hydrogens is 250 g/mol. The monoisotopic (exact) mass is 269 g/mol. The van der Waals surface area contributed by atoms with Crippen LogP contribution in [0.15, 0.2) is 29.2 Å². The van der Waals surface area contributed by atoms with E-state index in [0.717, 1.165) is 6.42 Å². The number of anilines is 1. The van der Waals surface area contributed by atoms with Gasteiger partial charge in [0.1, 0.15) is 0 Å². The van der Waals surface area contributed by atoms with Crippen LogP contribution in [-0.4, -0.2) is 20.1 Å². The lowest BCUT2D eigenvalue weighted by Gasteiger charge is -2.10. The fourth-order valence-corrected chi connectivity index (χ4v) is 2.25. The minimum absolute atomic E-state index is 0.0518. The maximum atomic E-state index is 11.7. The third kappa shape index (κ3) is 3.57. The van der Waals surface area contributed by atoms with Gasteiger partial charge < -0.3 is 5.32 Å². The van der Waals surface area contributed by atoms with Crippen molar-refractivity contribution < 1.29 is 13.2 Å². The van der Waals surface area contributed by atoms with Crippen molar-refractivity contribution in [2.75, 3.05) is 11.1 Å². The van der Waals surface area contributed by atoms with Gasteiger partial charge in [-0.15, -0.1) is 0 Å². The average Bonchev–Trinajstić information content (AvgIpc) is 2.38. The van der Waals surface area contributed by atoms with Gasteiger partial charge in [-0.1, -0.05) is 20.8 Å². The number of carbonyl (C=O) groups is 1. The summed E-state index contributed by atoms with van der Waals surface area (Å²) < 4.78 is 23.2. The molecule has 0 saturated heterocycles. The zero-order valence-electron chi connectivity index (χ0n) is 10.9. The number of amides is 1. The predicted octanol–water partition coefficient (Wildman–Crippen LogP) is 2.46. The van der Waals surface area contributed by atoms with E-state index in [1.54, 1.807) is 19.1 Å². The van der Waals surface area contributed by atoms with Crippen molar-refractivity contribution in [3.8, 4) is 0 Å². The van der Waals surface area contributed by atoms with Crippen molar-refractivity contribution >= 4 is 21.4 Å². The molecule has 0 spiro atoms. The van der Waals surface area contributed by atoms with E-state index >= 15 is 0 Å². The molecule has 1 atom stereocenters. The first-order valence-corrected chi connectivity index (χ1v) is 7.69. The molecule has 0 radical (unpaired) electrons. The number of sulfone groups is 1. The van der Waals surface area contributed by atoms with Crippen molar-refractivity contribution in [2.24, 2.45) is 5.92 Å². The van der Waals surface area contributed by atoms with Crippen LogP contribution in [0, 0.1) is 5.92 Å². The molecule has 1 rings (SSSR count). The number of hydrogen-bond acceptors (Lipinski definition) is 3. The Morgan fingerprint density at radius 1 is 1.22 bits per heavy atom. The fraction of sp³-hybridized carbons (Fsp3) is 0.462. The summed E-state index contributed by atoms with van der Waals surface area (Å²) in [5.41, 5.74) is 0.621. The number of hydrogen-bond donors (Lipinski definition) is 1. The lowest BCUT2D eigenvalue weighted by atomic mass is 10.1. The Kier molecular flexibility index (Phi) is 4.90. The zero-order valence-corrected chi connectivity index (χ0v) is 11.8. The van der Waals surface area contributed by atoms with Crippen LogP contribution < -0.4 is 5.32 Å². The van der Waals surface area contributed by atoms with Crippen molar-refractivity contribution in [1.82, 2.24) is 0 Å². The predicted molar refractivity (Wildman–Crippen MR) is 72.3 cm³/mol. The van der Waals surface area contributed by atoms with Gasteiger partial charge in [0.15, 0.2) is 9.84 Å². The van der Waals surface area contributed by atoms with E-state index in [2.05, 4.69) is 5.32 Å². The smallest absolute Gasteiger partial charge is 0.227 e. The standard InChI is InChI=1S/C13H19NO3S/c1-4-10(3)13(15)14-11-6-8-12(9-7-11)18(16,17)5-2/h6-10H,4-5H2,1-3H3,(H,14,15). The summed E-state index contributed by atoms with van der Waals surface area (Å²) in [5.74, 6) is -0.0291. The van der Waals surface area contributed by atoms with Crippen LogP contribution in [0.3, 0.4) is 0 Å². The maximum Gasteiger partial charge on any atom is 0.227 e. The molecule has 0 saturated carbocycles. The second kappa shape index (κ2) is 6.00. The molecule has 0 fully saturated rings. The minimum atomic E-state index is -3.18. The summed E-state index contributed by atoms with van der Waals surface area (Å²) in [4.78, 5) is 11.9. The average molecular weight is 269 g/mol. The highest BCUT2D eigenvalue weighted by molar-refractivity contribution is 7.91. The first kappa shape index (κ1) is 14.7. The molecule has 0 aliphatic rings. The lowest BCUT2D eigenvalue weighted by molar-refractivity contribution is -0.119. The third-order valence-corrected chi connectivity index (χ3v) is 4.67. The van der Waals surface area contributed by atoms with Gasteiger partial charge in [0.2, 0.25) is 5.91 Å². The maximum absolute atomic E-state index is 11.7. The second-order valence-corrected chi connectivity index (χ2v) is 6.50. The SMILES string of the molecule is CCC(C)C(=O)Nc1ccc(S(=O)(=O)CC)cc1. The Balaban J connectivity index is 2.82. The van der Waals surface area contributed by atoms with Gasteiger partial charge in [0.25, 0.3) is 0 Å². The normalized spacial score (nSPS) is 13.1. The van der Waals surface area contributed by atoms with E-state index in [1.165, 1.54) is 12.1 Å². The summed E-state index contributed by atoms with van der Waals surface area (Å²) in [5, 5.41) is 2.76. The van der Waals surface area contributed by atoms with Crippen molar-refractivity contribution in [2.45, 2.75) is 32.1 Å². The molecule has 1 aromatic carbocycles. The molecule has 0 aromatic heterocycles. The van der Waals surface area contributed by atoms with Gasteiger partial charge in [-0.3, -0.25) is 4.79 Å². The molecular formula is C13H19NO3S. The molecule has 1 amide bonds. The van der Waals surface area contributed by atoms with Gasteiger partial charge in [-0.05, 0) is 30.7 Å². The van der Waals surface area contributed by atoms with Crippen LogP contribution in [0.1, 0.15) is 27.2 Å². The summed E-state index contributed by atoms with van der Waals surface area (Å²) in [6.07, 6.45) is 0.772. The van der Waals surface area contributed by atoms with E-state index in [-0.39, 0.29) is 22.5 Å². The highest BCUT2D eigenvalue weighted by Crippen LogP contribution is 2.16. The summed E-state index contributed by atoms with van der Waals surface area (Å²) in [7, 11) is -3.18. The third-order valence-electron chi connectivity index (χ3n) is 2.92. The number of rotatable bonds is 5. The molecule has 100 valence electrons. The van der Waals surface area contributed by atoms with Crippen molar-refractivity contribution in [3.05, 3.63) is 24.3 Å². The molecule has 0 aliphatic carbocycles. The Bertz CT molecular complexity index is 506. The van der Waals surface area contributed by atoms with Crippen LogP contribution in [-0.2, 0) is 14.6 Å². The van der Waals surface area contributed by atoms with Gasteiger partial charge in [0, 0.05) is 11.6 Å². The van der Waals surface area contributed by atoms with Crippen LogP contribution in [0.5, 0.6) is 0 Å². The number of carbonyl (C=O) groups excluding carboxylic acids is 1. The Hall–Kier alpha value is -1.36. The van der Waals surface area contributed by atoms with Gasteiger partial charge in [-0.25, -0.2) is 8.42 Å². The topological polar surface area (TPSA) is 63.2 Å². The Morgan fingerprint density at radius 2 is 1.78 bits per heavy atom. The van der Waals surface area contributed by atoms with E-state index in [0.29, 0.717) is 5.69 Å². The van der Waals surface area contributed by atoms with Gasteiger partial charge in [0.05, 0.1) is 10.6 Å². The van der Waals surface area contributed by atoms with Crippen molar-refractivity contribution in [1.29, 1.82) is 0 Å². The molecule has 4 nitrogen and oxygen atoms in total. The van der Waals surface area contributed by atoms with Gasteiger partial charge >= 0.3 is 0 Å². The van der Waals surface area contributed by atoms with Crippen LogP contribution in [0.2, 0.25) is 0 Å². The molecule has 1 unspecified atom stereocenters. The van der Waals surface area contributed by atoms with E-state index in [4.69, 9.17) is 0 Å². The highest BCUT2D eigenvalue weighted by Gasteiger charge is 2.13. The highest BCUT2D eigenvalue weighted by atomic mass is 32.2. The zero-order chi connectivity index (χ0) is 13.8. The number of benzene rings is 1. The lowest BCUT2D eigenvalue weighted by Crippen LogP contribution is -2.19. The largest absolute Gasteiger partial charge is 0.326 e. The first-order chi connectivity index (χ1) is 8.40. The molecule has 5 heteroatoms. The molecule has 0 bridgehead atoms. The molecule has 1 N–H and O–H groups in total. The van der Waals surface area contributed by atoms with Gasteiger partial charge in [-0.2, -0.15) is 0 Å². The summed E-state index contributed by atoms with van der Waals surface area (Å²) >= 11 is 0. The molecule has 0 aliphatic heterocycles. The quantitative estimate of drug-likeness (QED) is 0.893. The van der Waals surface area contributed by atoms with Crippen LogP contribution >= 0.6 is 0 Å². The van der Waals surface area contributed by atoms with Crippen LogP contribution in [0.4, 0.5) is 5.69 Å². The minimum Gasteiger partial charge on any atom is -0.326 e. The fourth-order valence-electron chi connectivity index (χ4n) is 1.36. The van der Waals surface area contributed by atoms with E-state index in [1.807, 2.05) is 13.8 Å². The Labute approximate surface area is 108 Å². The van der Waals surface area contributed by atoms with E-state index in [9.17, 15) is 13.2 Å². The Morgan fingerprint density at radius 3 is 2.22 bits per heavy atom. The molecule has 18 heavy (non-hydrogen) atoms.